The van der Waals surface area contributed by atoms with Gasteiger partial charge in [0.05, 0.1) is 10.7 Å². The van der Waals surface area contributed by atoms with Crippen molar-refractivity contribution in [1.29, 1.82) is 0 Å². The maximum absolute atomic E-state index is 12.5. The maximum Gasteiger partial charge on any atom is 0.244 e. The van der Waals surface area contributed by atoms with E-state index >= 15 is 0 Å². The van der Waals surface area contributed by atoms with Crippen LogP contribution in [-0.4, -0.2) is 29.9 Å². The SMILES string of the molecule is Cc1cc(Cl)c(NC(C)C(=O)N2CCCCCC2)cc1Cl. The van der Waals surface area contributed by atoms with E-state index in [9.17, 15) is 4.79 Å². The summed E-state index contributed by atoms with van der Waals surface area (Å²) in [6.07, 6.45) is 4.61. The fraction of sp³-hybridized carbons (Fsp3) is 0.562. The number of halogens is 2. The Labute approximate surface area is 136 Å². The molecule has 1 saturated heterocycles. The predicted molar refractivity (Wildman–Crippen MR) is 89.3 cm³/mol. The minimum atomic E-state index is -0.306. The van der Waals surface area contributed by atoms with Gasteiger partial charge >= 0.3 is 0 Å². The second kappa shape index (κ2) is 7.37. The summed E-state index contributed by atoms with van der Waals surface area (Å²) in [6, 6.07) is 3.29. The number of likely N-dealkylation sites (tertiary alicyclic amines) is 1. The molecule has 0 spiro atoms. The van der Waals surface area contributed by atoms with Gasteiger partial charge in [0.25, 0.3) is 0 Å². The maximum atomic E-state index is 12.5. The quantitative estimate of drug-likeness (QED) is 0.885. The molecule has 0 bridgehead atoms. The molecular weight excluding hydrogens is 307 g/mol. The average Bonchev–Trinajstić information content (AvgIpc) is 2.72. The van der Waals surface area contributed by atoms with E-state index in [1.165, 1.54) is 12.8 Å². The minimum Gasteiger partial charge on any atom is -0.373 e. The summed E-state index contributed by atoms with van der Waals surface area (Å²) in [5, 5.41) is 4.43. The van der Waals surface area contributed by atoms with Crippen LogP contribution in [0.25, 0.3) is 0 Å². The lowest BCUT2D eigenvalue weighted by atomic mass is 10.2. The molecule has 1 fully saturated rings. The van der Waals surface area contributed by atoms with Crippen LogP contribution in [0.15, 0.2) is 12.1 Å². The van der Waals surface area contributed by atoms with Crippen molar-refractivity contribution in [2.45, 2.75) is 45.6 Å². The van der Waals surface area contributed by atoms with Gasteiger partial charge in [-0.25, -0.2) is 0 Å². The number of rotatable bonds is 3. The first-order valence-corrected chi connectivity index (χ1v) is 8.25. The van der Waals surface area contributed by atoms with Crippen LogP contribution >= 0.6 is 23.2 Å². The van der Waals surface area contributed by atoms with Crippen molar-refractivity contribution >= 4 is 34.8 Å². The highest BCUT2D eigenvalue weighted by Crippen LogP contribution is 2.29. The zero-order valence-corrected chi connectivity index (χ0v) is 14.1. The van der Waals surface area contributed by atoms with Gasteiger partial charge in [0.2, 0.25) is 5.91 Å². The van der Waals surface area contributed by atoms with E-state index < -0.39 is 0 Å². The molecule has 1 aliphatic rings. The number of nitrogens with zero attached hydrogens (tertiary/aromatic N) is 1. The van der Waals surface area contributed by atoms with E-state index in [0.29, 0.717) is 15.7 Å². The number of nitrogens with one attached hydrogen (secondary N) is 1. The zero-order valence-electron chi connectivity index (χ0n) is 12.6. The molecule has 1 heterocycles. The second-order valence-electron chi connectivity index (χ2n) is 5.69. The summed E-state index contributed by atoms with van der Waals surface area (Å²) in [7, 11) is 0. The smallest absolute Gasteiger partial charge is 0.244 e. The van der Waals surface area contributed by atoms with E-state index in [1.54, 1.807) is 6.07 Å². The van der Waals surface area contributed by atoms with Crippen LogP contribution in [-0.2, 0) is 4.79 Å². The van der Waals surface area contributed by atoms with Crippen molar-refractivity contribution in [2.75, 3.05) is 18.4 Å². The largest absolute Gasteiger partial charge is 0.373 e. The van der Waals surface area contributed by atoms with Gasteiger partial charge in [-0.3, -0.25) is 4.79 Å². The molecule has 1 aromatic rings. The van der Waals surface area contributed by atoms with Crippen LogP contribution in [0.2, 0.25) is 10.0 Å². The molecule has 1 N–H and O–H groups in total. The molecule has 1 atom stereocenters. The molecular formula is C16H22Cl2N2O. The number of amides is 1. The third-order valence-electron chi connectivity index (χ3n) is 3.91. The van der Waals surface area contributed by atoms with E-state index in [-0.39, 0.29) is 11.9 Å². The lowest BCUT2D eigenvalue weighted by Crippen LogP contribution is -2.41. The number of carbonyl (C=O) groups is 1. The summed E-state index contributed by atoms with van der Waals surface area (Å²) in [5.74, 6) is 0.129. The third-order valence-corrected chi connectivity index (χ3v) is 4.63. The fourth-order valence-corrected chi connectivity index (χ4v) is 3.05. The summed E-state index contributed by atoms with van der Waals surface area (Å²) >= 11 is 12.3. The minimum absolute atomic E-state index is 0.129. The Morgan fingerprint density at radius 1 is 1.14 bits per heavy atom. The highest BCUT2D eigenvalue weighted by atomic mass is 35.5. The van der Waals surface area contributed by atoms with Crippen LogP contribution in [0, 0.1) is 6.92 Å². The molecule has 0 aromatic heterocycles. The number of aryl methyl sites for hydroxylation is 1. The van der Waals surface area contributed by atoms with Crippen LogP contribution in [0.1, 0.15) is 38.2 Å². The molecule has 116 valence electrons. The first-order valence-electron chi connectivity index (χ1n) is 7.50. The van der Waals surface area contributed by atoms with Crippen molar-refractivity contribution in [3.8, 4) is 0 Å². The Hall–Kier alpha value is -0.930. The van der Waals surface area contributed by atoms with Gasteiger partial charge in [0.1, 0.15) is 6.04 Å². The summed E-state index contributed by atoms with van der Waals surface area (Å²) in [6.45, 7) is 5.49. The first-order chi connectivity index (χ1) is 9.99. The van der Waals surface area contributed by atoms with Gasteiger partial charge in [-0.15, -0.1) is 0 Å². The van der Waals surface area contributed by atoms with Crippen LogP contribution in [0.4, 0.5) is 5.69 Å². The zero-order chi connectivity index (χ0) is 15.4. The Balaban J connectivity index is 2.04. The van der Waals surface area contributed by atoms with Crippen LogP contribution in [0.5, 0.6) is 0 Å². The molecule has 21 heavy (non-hydrogen) atoms. The molecule has 1 amide bonds. The molecule has 2 rings (SSSR count). The highest BCUT2D eigenvalue weighted by Gasteiger charge is 2.22. The van der Waals surface area contributed by atoms with E-state index in [4.69, 9.17) is 23.2 Å². The van der Waals surface area contributed by atoms with Gasteiger partial charge in [-0.2, -0.15) is 0 Å². The topological polar surface area (TPSA) is 32.3 Å². The standard InChI is InChI=1S/C16H22Cl2N2O/c1-11-9-14(18)15(10-13(11)17)19-12(2)16(21)20-7-5-3-4-6-8-20/h9-10,12,19H,3-8H2,1-2H3. The van der Waals surface area contributed by atoms with Gasteiger partial charge in [-0.05, 0) is 44.4 Å². The molecule has 1 aliphatic heterocycles. The highest BCUT2D eigenvalue weighted by molar-refractivity contribution is 6.35. The van der Waals surface area contributed by atoms with Gasteiger partial charge in [0, 0.05) is 18.1 Å². The Morgan fingerprint density at radius 2 is 1.76 bits per heavy atom. The molecule has 0 radical (unpaired) electrons. The molecule has 0 saturated carbocycles. The third kappa shape index (κ3) is 4.27. The number of carbonyl (C=O) groups excluding carboxylic acids is 1. The van der Waals surface area contributed by atoms with Crippen molar-refractivity contribution < 1.29 is 4.79 Å². The molecule has 3 nitrogen and oxygen atoms in total. The van der Waals surface area contributed by atoms with Crippen molar-refractivity contribution in [2.24, 2.45) is 0 Å². The van der Waals surface area contributed by atoms with Crippen molar-refractivity contribution in [1.82, 2.24) is 4.90 Å². The van der Waals surface area contributed by atoms with Gasteiger partial charge < -0.3 is 10.2 Å². The predicted octanol–water partition coefficient (Wildman–Crippen LogP) is 4.50. The normalized spacial score (nSPS) is 17.2. The summed E-state index contributed by atoms with van der Waals surface area (Å²) in [5.41, 5.74) is 1.64. The molecule has 5 heteroatoms. The van der Waals surface area contributed by atoms with E-state index in [1.807, 2.05) is 24.8 Å². The Morgan fingerprint density at radius 3 is 2.38 bits per heavy atom. The van der Waals surface area contributed by atoms with Crippen LogP contribution < -0.4 is 5.32 Å². The lowest BCUT2D eigenvalue weighted by Gasteiger charge is -2.25. The average molecular weight is 329 g/mol. The number of benzene rings is 1. The summed E-state index contributed by atoms with van der Waals surface area (Å²) < 4.78 is 0. The van der Waals surface area contributed by atoms with E-state index in [2.05, 4.69) is 5.32 Å². The number of hydrogen-bond donors (Lipinski definition) is 1. The molecule has 1 aromatic carbocycles. The molecule has 0 aliphatic carbocycles. The molecule has 1 unspecified atom stereocenters. The van der Waals surface area contributed by atoms with Crippen molar-refractivity contribution in [3.05, 3.63) is 27.7 Å². The summed E-state index contributed by atoms with van der Waals surface area (Å²) in [4.78, 5) is 14.5. The van der Waals surface area contributed by atoms with Crippen LogP contribution in [0.3, 0.4) is 0 Å². The number of anilines is 1. The number of hydrogen-bond acceptors (Lipinski definition) is 2. The fourth-order valence-electron chi connectivity index (χ4n) is 2.62. The van der Waals surface area contributed by atoms with Gasteiger partial charge in [0.15, 0.2) is 0 Å². The Bertz CT molecular complexity index is 511. The van der Waals surface area contributed by atoms with E-state index in [0.717, 1.165) is 31.5 Å². The lowest BCUT2D eigenvalue weighted by molar-refractivity contribution is -0.131. The first kappa shape index (κ1) is 16.4. The monoisotopic (exact) mass is 328 g/mol. The Kier molecular flexibility index (Phi) is 5.77. The van der Waals surface area contributed by atoms with Crippen molar-refractivity contribution in [3.63, 3.8) is 0 Å². The second-order valence-corrected chi connectivity index (χ2v) is 6.50. The van der Waals surface area contributed by atoms with Gasteiger partial charge in [-0.1, -0.05) is 36.0 Å².